The molecule has 0 aliphatic carbocycles. The molecule has 2 rings (SSSR count). The fourth-order valence-electron chi connectivity index (χ4n) is 2.19. The van der Waals surface area contributed by atoms with E-state index in [2.05, 4.69) is 5.32 Å². The van der Waals surface area contributed by atoms with E-state index in [-0.39, 0.29) is 11.7 Å². The van der Waals surface area contributed by atoms with Crippen LogP contribution in [0, 0.1) is 0 Å². The molecule has 0 aliphatic heterocycles. The molecule has 0 saturated carbocycles. The molecule has 0 heterocycles. The molecule has 0 aromatic heterocycles. The minimum Gasteiger partial charge on any atom is -0.496 e. The quantitative estimate of drug-likeness (QED) is 0.856. The van der Waals surface area contributed by atoms with E-state index < -0.39 is 0 Å². The first-order chi connectivity index (χ1) is 10.5. The van der Waals surface area contributed by atoms with Gasteiger partial charge in [0.1, 0.15) is 5.75 Å². The summed E-state index contributed by atoms with van der Waals surface area (Å²) in [6.45, 7) is 3.53. The monoisotopic (exact) mass is 297 g/mol. The molecule has 22 heavy (non-hydrogen) atoms. The lowest BCUT2D eigenvalue weighted by molar-refractivity contribution is 0.101. The summed E-state index contributed by atoms with van der Waals surface area (Å²) in [6.07, 6.45) is 0.789. The van der Waals surface area contributed by atoms with Crippen molar-refractivity contribution < 1.29 is 14.3 Å². The van der Waals surface area contributed by atoms with Crippen LogP contribution >= 0.6 is 0 Å². The number of aryl methyl sites for hydroxylation is 1. The van der Waals surface area contributed by atoms with Crippen molar-refractivity contribution in [2.45, 2.75) is 20.3 Å². The summed E-state index contributed by atoms with van der Waals surface area (Å²) in [5, 5.41) is 2.82. The van der Waals surface area contributed by atoms with Gasteiger partial charge in [-0.2, -0.15) is 0 Å². The Labute approximate surface area is 130 Å². The van der Waals surface area contributed by atoms with Gasteiger partial charge in [-0.15, -0.1) is 0 Å². The van der Waals surface area contributed by atoms with Gasteiger partial charge in [-0.05, 0) is 61.4 Å². The zero-order valence-corrected chi connectivity index (χ0v) is 13.0. The van der Waals surface area contributed by atoms with Gasteiger partial charge in [-0.3, -0.25) is 9.59 Å². The first kappa shape index (κ1) is 15.8. The number of hydrogen-bond donors (Lipinski definition) is 1. The van der Waals surface area contributed by atoms with Gasteiger partial charge in [0.25, 0.3) is 5.91 Å². The summed E-state index contributed by atoms with van der Waals surface area (Å²) >= 11 is 0. The molecule has 0 saturated heterocycles. The summed E-state index contributed by atoms with van der Waals surface area (Å²) < 4.78 is 5.26. The van der Waals surface area contributed by atoms with E-state index in [9.17, 15) is 9.59 Å². The van der Waals surface area contributed by atoms with Gasteiger partial charge in [0.15, 0.2) is 5.78 Å². The van der Waals surface area contributed by atoms with Crippen LogP contribution in [0.4, 0.5) is 5.69 Å². The minimum absolute atomic E-state index is 0.000573. The molecule has 0 bridgehead atoms. The molecule has 0 spiro atoms. The van der Waals surface area contributed by atoms with Crippen LogP contribution in [-0.4, -0.2) is 18.8 Å². The van der Waals surface area contributed by atoms with Gasteiger partial charge in [0, 0.05) is 16.8 Å². The van der Waals surface area contributed by atoms with Crippen molar-refractivity contribution in [2.24, 2.45) is 0 Å². The smallest absolute Gasteiger partial charge is 0.255 e. The van der Waals surface area contributed by atoms with Crippen molar-refractivity contribution in [2.75, 3.05) is 12.4 Å². The third-order valence-electron chi connectivity index (χ3n) is 3.47. The number of methoxy groups -OCH3 is 1. The van der Waals surface area contributed by atoms with Crippen LogP contribution in [0.2, 0.25) is 0 Å². The first-order valence-corrected chi connectivity index (χ1v) is 7.14. The second-order valence-electron chi connectivity index (χ2n) is 4.97. The predicted octanol–water partition coefficient (Wildman–Crippen LogP) is 3.71. The average molecular weight is 297 g/mol. The number of carbonyl (C=O) groups is 2. The molecule has 0 atom stereocenters. The summed E-state index contributed by atoms with van der Waals surface area (Å²) in [5.74, 6) is 0.596. The van der Waals surface area contributed by atoms with Gasteiger partial charge >= 0.3 is 0 Å². The molecule has 2 aromatic carbocycles. The number of amides is 1. The van der Waals surface area contributed by atoms with Gasteiger partial charge in [0.2, 0.25) is 0 Å². The molecule has 0 fully saturated rings. The van der Waals surface area contributed by atoms with Gasteiger partial charge in [-0.1, -0.05) is 6.92 Å². The number of ether oxygens (including phenoxy) is 1. The lowest BCUT2D eigenvalue weighted by Gasteiger charge is -2.10. The number of nitrogens with one attached hydrogen (secondary N) is 1. The highest BCUT2D eigenvalue weighted by molar-refractivity contribution is 6.04. The van der Waals surface area contributed by atoms with Gasteiger partial charge in [-0.25, -0.2) is 0 Å². The molecule has 4 heteroatoms. The Kier molecular flexibility index (Phi) is 4.94. The molecule has 2 aromatic rings. The zero-order valence-electron chi connectivity index (χ0n) is 13.0. The van der Waals surface area contributed by atoms with Crippen LogP contribution in [0.15, 0.2) is 42.5 Å². The highest BCUT2D eigenvalue weighted by Crippen LogP contribution is 2.21. The van der Waals surface area contributed by atoms with Crippen molar-refractivity contribution in [3.8, 4) is 5.75 Å². The maximum absolute atomic E-state index is 12.3. The van der Waals surface area contributed by atoms with Crippen molar-refractivity contribution in [1.82, 2.24) is 0 Å². The lowest BCUT2D eigenvalue weighted by atomic mass is 10.1. The SMILES string of the molecule is CCc1cc(C(=O)Nc2ccc(C(C)=O)cc2)ccc1OC. The largest absolute Gasteiger partial charge is 0.496 e. The van der Waals surface area contributed by atoms with E-state index in [1.165, 1.54) is 6.92 Å². The van der Waals surface area contributed by atoms with E-state index in [4.69, 9.17) is 4.74 Å². The van der Waals surface area contributed by atoms with Crippen LogP contribution < -0.4 is 10.1 Å². The van der Waals surface area contributed by atoms with Gasteiger partial charge < -0.3 is 10.1 Å². The minimum atomic E-state index is -0.187. The van der Waals surface area contributed by atoms with Gasteiger partial charge in [0.05, 0.1) is 7.11 Å². The van der Waals surface area contributed by atoms with E-state index in [0.717, 1.165) is 17.7 Å². The lowest BCUT2D eigenvalue weighted by Crippen LogP contribution is -2.12. The van der Waals surface area contributed by atoms with Crippen molar-refractivity contribution in [3.63, 3.8) is 0 Å². The predicted molar refractivity (Wildman–Crippen MR) is 86.8 cm³/mol. The number of benzene rings is 2. The molecule has 4 nitrogen and oxygen atoms in total. The number of rotatable bonds is 5. The van der Waals surface area contributed by atoms with Crippen LogP contribution in [0.1, 0.15) is 40.1 Å². The van der Waals surface area contributed by atoms with E-state index >= 15 is 0 Å². The van der Waals surface area contributed by atoms with Crippen molar-refractivity contribution in [3.05, 3.63) is 59.2 Å². The maximum atomic E-state index is 12.3. The Balaban J connectivity index is 2.16. The molecule has 1 amide bonds. The molecular weight excluding hydrogens is 278 g/mol. The number of hydrogen-bond acceptors (Lipinski definition) is 3. The summed E-state index contributed by atoms with van der Waals surface area (Å²) in [5.41, 5.74) is 2.84. The maximum Gasteiger partial charge on any atom is 0.255 e. The average Bonchev–Trinajstić information content (AvgIpc) is 2.54. The van der Waals surface area contributed by atoms with E-state index in [1.807, 2.05) is 13.0 Å². The van der Waals surface area contributed by atoms with Crippen LogP contribution in [0.25, 0.3) is 0 Å². The normalized spacial score (nSPS) is 10.1. The summed E-state index contributed by atoms with van der Waals surface area (Å²) in [7, 11) is 1.62. The fraction of sp³-hybridized carbons (Fsp3) is 0.222. The summed E-state index contributed by atoms with van der Waals surface area (Å²) in [4.78, 5) is 23.5. The molecular formula is C18H19NO3. The third kappa shape index (κ3) is 3.52. The Morgan fingerprint density at radius 2 is 1.68 bits per heavy atom. The highest BCUT2D eigenvalue weighted by atomic mass is 16.5. The van der Waals surface area contributed by atoms with Crippen molar-refractivity contribution >= 4 is 17.4 Å². The van der Waals surface area contributed by atoms with E-state index in [1.54, 1.807) is 43.5 Å². The molecule has 1 N–H and O–H groups in total. The summed E-state index contributed by atoms with van der Waals surface area (Å²) in [6, 6.07) is 12.2. The zero-order chi connectivity index (χ0) is 16.1. The number of ketones is 1. The first-order valence-electron chi connectivity index (χ1n) is 7.14. The highest BCUT2D eigenvalue weighted by Gasteiger charge is 2.10. The van der Waals surface area contributed by atoms with Crippen LogP contribution in [0.3, 0.4) is 0 Å². The van der Waals surface area contributed by atoms with Crippen LogP contribution in [-0.2, 0) is 6.42 Å². The van der Waals surface area contributed by atoms with Crippen LogP contribution in [0.5, 0.6) is 5.75 Å². The Morgan fingerprint density at radius 3 is 2.23 bits per heavy atom. The molecule has 0 radical (unpaired) electrons. The molecule has 0 unspecified atom stereocenters. The third-order valence-corrected chi connectivity index (χ3v) is 3.47. The Morgan fingerprint density at radius 1 is 1.05 bits per heavy atom. The Bertz CT molecular complexity index is 690. The van der Waals surface area contributed by atoms with Crippen molar-refractivity contribution in [1.29, 1.82) is 0 Å². The Hall–Kier alpha value is -2.62. The molecule has 0 aliphatic rings. The number of carbonyl (C=O) groups excluding carboxylic acids is 2. The second kappa shape index (κ2) is 6.89. The fourth-order valence-corrected chi connectivity index (χ4v) is 2.19. The molecule has 114 valence electrons. The topological polar surface area (TPSA) is 55.4 Å². The van der Waals surface area contributed by atoms with E-state index in [0.29, 0.717) is 16.8 Å². The second-order valence-corrected chi connectivity index (χ2v) is 4.97. The standard InChI is InChI=1S/C18H19NO3/c1-4-13-11-15(7-10-17(13)22-3)18(21)19-16-8-5-14(6-9-16)12(2)20/h5-11H,4H2,1-3H3,(H,19,21). The number of Topliss-reactive ketones (excluding diaryl/α,β-unsaturated/α-hetero) is 1. The number of anilines is 1.